The highest BCUT2D eigenvalue weighted by molar-refractivity contribution is 9.10. The van der Waals surface area contributed by atoms with Crippen LogP contribution in [0, 0.1) is 5.92 Å². The molecular weight excluding hydrogens is 446 g/mol. The maximum Gasteiger partial charge on any atom is 0.309 e. The first-order valence-corrected chi connectivity index (χ1v) is 10.2. The fourth-order valence-electron chi connectivity index (χ4n) is 3.18. The zero-order chi connectivity index (χ0) is 20.3. The number of esters is 1. The molecule has 7 nitrogen and oxygen atoms in total. The quantitative estimate of drug-likeness (QED) is 0.318. The van der Waals surface area contributed by atoms with E-state index in [0.29, 0.717) is 38.2 Å². The number of amides is 2. The van der Waals surface area contributed by atoms with Gasteiger partial charge in [-0.2, -0.15) is 0 Å². The monoisotopic (exact) mass is 465 g/mol. The Morgan fingerprint density at radius 3 is 2.54 bits per heavy atom. The predicted octanol–water partition coefficient (Wildman–Crippen LogP) is 2.36. The molecule has 2 aliphatic rings. The van der Waals surface area contributed by atoms with Gasteiger partial charge in [-0.3, -0.25) is 24.6 Å². The fraction of sp³-hybridized carbons (Fsp3) is 0.368. The molecule has 3 rings (SSSR count). The molecule has 2 aliphatic heterocycles. The molecule has 0 bridgehead atoms. The van der Waals surface area contributed by atoms with Crippen molar-refractivity contribution in [1.29, 1.82) is 0 Å². The van der Waals surface area contributed by atoms with Crippen molar-refractivity contribution in [3.63, 3.8) is 0 Å². The molecule has 9 heteroatoms. The average Bonchev–Trinajstić information content (AvgIpc) is 2.67. The van der Waals surface area contributed by atoms with Gasteiger partial charge in [-0.05, 0) is 56.2 Å². The molecule has 0 spiro atoms. The predicted molar refractivity (Wildman–Crippen MR) is 111 cm³/mol. The summed E-state index contributed by atoms with van der Waals surface area (Å²) in [5.41, 5.74) is 0.594. The summed E-state index contributed by atoms with van der Waals surface area (Å²) in [5.74, 6) is -1.31. The number of rotatable bonds is 4. The van der Waals surface area contributed by atoms with E-state index in [2.05, 4.69) is 21.2 Å². The second kappa shape index (κ2) is 8.83. The first-order chi connectivity index (χ1) is 13.4. The summed E-state index contributed by atoms with van der Waals surface area (Å²) in [6, 6.07) is 7.08. The van der Waals surface area contributed by atoms with E-state index < -0.39 is 11.8 Å². The van der Waals surface area contributed by atoms with Crippen molar-refractivity contribution in [2.75, 3.05) is 24.6 Å². The van der Waals surface area contributed by atoms with Crippen LogP contribution in [0.15, 0.2) is 40.5 Å². The number of ether oxygens (including phenoxy) is 1. The van der Waals surface area contributed by atoms with Gasteiger partial charge < -0.3 is 9.64 Å². The fourth-order valence-corrected chi connectivity index (χ4v) is 3.72. The van der Waals surface area contributed by atoms with Crippen LogP contribution in [0.4, 0.5) is 5.69 Å². The molecule has 2 fully saturated rings. The Morgan fingerprint density at radius 1 is 1.29 bits per heavy atom. The molecule has 0 aromatic heterocycles. The second-order valence-electron chi connectivity index (χ2n) is 6.48. The lowest BCUT2D eigenvalue weighted by atomic mass is 9.97. The Balaban J connectivity index is 1.75. The Morgan fingerprint density at radius 2 is 1.93 bits per heavy atom. The van der Waals surface area contributed by atoms with Gasteiger partial charge in [0.05, 0.1) is 18.2 Å². The van der Waals surface area contributed by atoms with Crippen LogP contribution in [0.2, 0.25) is 0 Å². The van der Waals surface area contributed by atoms with Crippen LogP contribution >= 0.6 is 28.1 Å². The summed E-state index contributed by atoms with van der Waals surface area (Å²) in [4.78, 5) is 40.4. The van der Waals surface area contributed by atoms with Gasteiger partial charge >= 0.3 is 5.97 Å². The number of hydrogen-bond acceptors (Lipinski definition) is 6. The van der Waals surface area contributed by atoms with Crippen molar-refractivity contribution in [2.45, 2.75) is 19.8 Å². The number of anilines is 1. The number of halogens is 1. The molecule has 1 aromatic carbocycles. The standard InChI is InChI=1S/C19H20BrN3O4S/c1-2-27-18(26)12-7-9-22(10-8-12)11-15-16(24)21-19(28)23(17(15)25)14-5-3-13(20)4-6-14/h3-6,11-12H,2,7-10H2,1H3,(H,21,24,28)/b15-11+. The number of benzene rings is 1. The zero-order valence-corrected chi connectivity index (χ0v) is 17.7. The van der Waals surface area contributed by atoms with Crippen LogP contribution in [0.25, 0.3) is 0 Å². The topological polar surface area (TPSA) is 79.0 Å². The summed E-state index contributed by atoms with van der Waals surface area (Å²) >= 11 is 8.55. The molecule has 2 amide bonds. The first kappa shape index (κ1) is 20.5. The van der Waals surface area contributed by atoms with E-state index in [9.17, 15) is 14.4 Å². The highest BCUT2D eigenvalue weighted by Crippen LogP contribution is 2.24. The van der Waals surface area contributed by atoms with E-state index in [-0.39, 0.29) is 22.6 Å². The van der Waals surface area contributed by atoms with Crippen molar-refractivity contribution in [3.05, 3.63) is 40.5 Å². The third kappa shape index (κ3) is 4.41. The highest BCUT2D eigenvalue weighted by Gasteiger charge is 2.35. The van der Waals surface area contributed by atoms with E-state index in [1.165, 1.54) is 4.90 Å². The summed E-state index contributed by atoms with van der Waals surface area (Å²) in [7, 11) is 0. The van der Waals surface area contributed by atoms with Crippen LogP contribution in [-0.4, -0.2) is 47.5 Å². The largest absolute Gasteiger partial charge is 0.466 e. The molecule has 1 N–H and O–H groups in total. The Kier molecular flexibility index (Phi) is 6.46. The van der Waals surface area contributed by atoms with Crippen LogP contribution in [0.5, 0.6) is 0 Å². The summed E-state index contributed by atoms with van der Waals surface area (Å²) in [5, 5.41) is 2.62. The Labute approximate surface area is 176 Å². The second-order valence-corrected chi connectivity index (χ2v) is 7.78. The number of nitrogens with one attached hydrogen (secondary N) is 1. The molecule has 1 aromatic rings. The molecule has 0 unspecified atom stereocenters. The maximum atomic E-state index is 13.0. The third-order valence-electron chi connectivity index (χ3n) is 4.65. The number of thiocarbonyl (C=S) groups is 1. The molecule has 28 heavy (non-hydrogen) atoms. The average molecular weight is 466 g/mol. The number of piperidine rings is 1. The third-order valence-corrected chi connectivity index (χ3v) is 5.46. The summed E-state index contributed by atoms with van der Waals surface area (Å²) in [6.45, 7) is 3.28. The van der Waals surface area contributed by atoms with Crippen molar-refractivity contribution >= 4 is 56.7 Å². The van der Waals surface area contributed by atoms with Gasteiger partial charge in [0.2, 0.25) is 0 Å². The Hall–Kier alpha value is -2.26. The SMILES string of the molecule is CCOC(=O)C1CCN(/C=C2\C(=O)NC(=S)N(c3ccc(Br)cc3)C2=O)CC1. The normalized spacial score (nSPS) is 19.8. The molecule has 0 radical (unpaired) electrons. The zero-order valence-electron chi connectivity index (χ0n) is 15.3. The van der Waals surface area contributed by atoms with Crippen molar-refractivity contribution in [2.24, 2.45) is 5.92 Å². The van der Waals surface area contributed by atoms with Crippen molar-refractivity contribution < 1.29 is 19.1 Å². The van der Waals surface area contributed by atoms with Crippen LogP contribution < -0.4 is 10.2 Å². The lowest BCUT2D eigenvalue weighted by Crippen LogP contribution is -2.54. The lowest BCUT2D eigenvalue weighted by molar-refractivity contribution is -0.149. The minimum absolute atomic E-state index is 0.0195. The lowest BCUT2D eigenvalue weighted by Gasteiger charge is -2.33. The van der Waals surface area contributed by atoms with Gasteiger partial charge in [-0.15, -0.1) is 0 Å². The van der Waals surface area contributed by atoms with Gasteiger partial charge in [-0.25, -0.2) is 0 Å². The molecule has 0 aliphatic carbocycles. The maximum absolute atomic E-state index is 13.0. The van der Waals surface area contributed by atoms with E-state index in [0.717, 1.165) is 4.47 Å². The number of nitrogens with zero attached hydrogens (tertiary/aromatic N) is 2. The molecule has 2 heterocycles. The van der Waals surface area contributed by atoms with Gasteiger partial charge in [0.25, 0.3) is 11.8 Å². The van der Waals surface area contributed by atoms with Crippen LogP contribution in [-0.2, 0) is 19.1 Å². The van der Waals surface area contributed by atoms with Crippen molar-refractivity contribution in [1.82, 2.24) is 10.2 Å². The summed E-state index contributed by atoms with van der Waals surface area (Å²) < 4.78 is 5.94. The van der Waals surface area contributed by atoms with Crippen LogP contribution in [0.1, 0.15) is 19.8 Å². The van der Waals surface area contributed by atoms with Gasteiger partial charge in [0, 0.05) is 23.8 Å². The minimum Gasteiger partial charge on any atom is -0.466 e. The van der Waals surface area contributed by atoms with E-state index >= 15 is 0 Å². The molecule has 2 saturated heterocycles. The van der Waals surface area contributed by atoms with Crippen LogP contribution in [0.3, 0.4) is 0 Å². The molecule has 148 valence electrons. The number of carbonyl (C=O) groups excluding carboxylic acids is 3. The Bertz CT molecular complexity index is 832. The van der Waals surface area contributed by atoms with Gasteiger partial charge in [-0.1, -0.05) is 15.9 Å². The first-order valence-electron chi connectivity index (χ1n) is 8.98. The van der Waals surface area contributed by atoms with E-state index in [1.807, 2.05) is 4.90 Å². The molecule has 0 saturated carbocycles. The van der Waals surface area contributed by atoms with Gasteiger partial charge in [0.1, 0.15) is 5.57 Å². The molecular formula is C19H20BrN3O4S. The number of carbonyl (C=O) groups is 3. The van der Waals surface area contributed by atoms with E-state index in [4.69, 9.17) is 17.0 Å². The van der Waals surface area contributed by atoms with Gasteiger partial charge in [0.15, 0.2) is 5.11 Å². The highest BCUT2D eigenvalue weighted by atomic mass is 79.9. The smallest absolute Gasteiger partial charge is 0.309 e. The number of hydrogen-bond donors (Lipinski definition) is 1. The molecule has 0 atom stereocenters. The number of likely N-dealkylation sites (tertiary alicyclic amines) is 1. The minimum atomic E-state index is -0.518. The van der Waals surface area contributed by atoms with E-state index in [1.54, 1.807) is 37.4 Å². The summed E-state index contributed by atoms with van der Waals surface area (Å²) in [6.07, 6.45) is 2.80. The van der Waals surface area contributed by atoms with Crippen molar-refractivity contribution in [3.8, 4) is 0 Å².